The molecular weight excluding hydrogens is 421 g/mol. The summed E-state index contributed by atoms with van der Waals surface area (Å²) in [5.74, 6) is 0.0452. The second-order valence-electron chi connectivity index (χ2n) is 5.91. The first-order chi connectivity index (χ1) is 13.6. The Labute approximate surface area is 167 Å². The molecule has 3 aromatic rings. The van der Waals surface area contributed by atoms with Crippen LogP contribution in [0.5, 0.6) is 11.6 Å². The van der Waals surface area contributed by atoms with E-state index in [0.717, 1.165) is 6.07 Å². The lowest BCUT2D eigenvalue weighted by atomic mass is 10.3. The highest BCUT2D eigenvalue weighted by Gasteiger charge is 2.17. The highest BCUT2D eigenvalue weighted by atomic mass is 32.2. The summed E-state index contributed by atoms with van der Waals surface area (Å²) in [5, 5.41) is 5.03. The lowest BCUT2D eigenvalue weighted by molar-refractivity contribution is 0.457. The first-order valence-electron chi connectivity index (χ1n) is 8.14. The van der Waals surface area contributed by atoms with E-state index >= 15 is 0 Å². The molecule has 152 valence electrons. The van der Waals surface area contributed by atoms with E-state index < -0.39 is 25.9 Å². The van der Waals surface area contributed by atoms with Crippen LogP contribution < -0.4 is 14.6 Å². The van der Waals surface area contributed by atoms with Crippen LogP contribution in [-0.2, 0) is 26.6 Å². The molecule has 3 rings (SSSR count). The SMILES string of the molecule is NS(=O)(=O)c1cccc(S(=O)(=O)NCc2ccc(Oc3cccc(F)c3)nc2)c1. The van der Waals surface area contributed by atoms with Crippen LogP contribution >= 0.6 is 0 Å². The molecule has 0 saturated carbocycles. The molecule has 3 N–H and O–H groups in total. The number of nitrogens with zero attached hydrogens (tertiary/aromatic N) is 1. The van der Waals surface area contributed by atoms with Crippen molar-refractivity contribution >= 4 is 20.0 Å². The smallest absolute Gasteiger partial charge is 0.240 e. The Kier molecular flexibility index (Phi) is 5.94. The Morgan fingerprint density at radius 1 is 0.966 bits per heavy atom. The van der Waals surface area contributed by atoms with Crippen LogP contribution in [0.15, 0.2) is 76.7 Å². The van der Waals surface area contributed by atoms with Gasteiger partial charge in [0.2, 0.25) is 25.9 Å². The maximum Gasteiger partial charge on any atom is 0.240 e. The van der Waals surface area contributed by atoms with E-state index in [-0.39, 0.29) is 28.0 Å². The fourth-order valence-electron chi connectivity index (χ4n) is 2.31. The molecular formula is C18H16FN3O5S2. The van der Waals surface area contributed by atoms with Gasteiger partial charge >= 0.3 is 0 Å². The van der Waals surface area contributed by atoms with Crippen LogP contribution in [0, 0.1) is 5.82 Å². The van der Waals surface area contributed by atoms with E-state index in [1.54, 1.807) is 12.1 Å². The molecule has 0 unspecified atom stereocenters. The molecule has 0 fully saturated rings. The van der Waals surface area contributed by atoms with Gasteiger partial charge in [-0.1, -0.05) is 18.2 Å². The molecule has 8 nitrogen and oxygen atoms in total. The highest BCUT2D eigenvalue weighted by molar-refractivity contribution is 7.90. The zero-order valence-corrected chi connectivity index (χ0v) is 16.5. The van der Waals surface area contributed by atoms with Gasteiger partial charge in [0.15, 0.2) is 0 Å². The number of hydrogen-bond acceptors (Lipinski definition) is 6. The summed E-state index contributed by atoms with van der Waals surface area (Å²) in [6.07, 6.45) is 1.40. The topological polar surface area (TPSA) is 128 Å². The Morgan fingerprint density at radius 3 is 2.34 bits per heavy atom. The highest BCUT2D eigenvalue weighted by Crippen LogP contribution is 2.20. The summed E-state index contributed by atoms with van der Waals surface area (Å²) in [6, 6.07) is 13.4. The average molecular weight is 437 g/mol. The predicted octanol–water partition coefficient (Wildman–Crippen LogP) is 2.14. The zero-order valence-electron chi connectivity index (χ0n) is 14.8. The van der Waals surface area contributed by atoms with Gasteiger partial charge in [-0.25, -0.2) is 36.1 Å². The molecule has 0 bridgehead atoms. The molecule has 0 aliphatic heterocycles. The lowest BCUT2D eigenvalue weighted by Gasteiger charge is -2.09. The summed E-state index contributed by atoms with van der Waals surface area (Å²) in [5.41, 5.74) is 0.530. The molecule has 0 amide bonds. The van der Waals surface area contributed by atoms with Gasteiger partial charge in [0.1, 0.15) is 11.6 Å². The molecule has 0 atom stereocenters. The van der Waals surface area contributed by atoms with E-state index in [4.69, 9.17) is 9.88 Å². The van der Waals surface area contributed by atoms with Crippen LogP contribution in [0.1, 0.15) is 5.56 Å². The Balaban J connectivity index is 1.68. The first kappa shape index (κ1) is 20.9. The van der Waals surface area contributed by atoms with Gasteiger partial charge in [0.25, 0.3) is 0 Å². The third kappa shape index (κ3) is 5.57. The second kappa shape index (κ2) is 8.25. The van der Waals surface area contributed by atoms with Gasteiger partial charge in [-0.3, -0.25) is 0 Å². The molecule has 29 heavy (non-hydrogen) atoms. The Bertz CT molecular complexity index is 1230. The minimum Gasteiger partial charge on any atom is -0.439 e. The van der Waals surface area contributed by atoms with Crippen molar-refractivity contribution in [1.82, 2.24) is 9.71 Å². The minimum atomic E-state index is -4.03. The monoisotopic (exact) mass is 437 g/mol. The lowest BCUT2D eigenvalue weighted by Crippen LogP contribution is -2.24. The Morgan fingerprint density at radius 2 is 1.69 bits per heavy atom. The van der Waals surface area contributed by atoms with Crippen molar-refractivity contribution in [2.45, 2.75) is 16.3 Å². The van der Waals surface area contributed by atoms with E-state index in [1.807, 2.05) is 0 Å². The number of hydrogen-bond donors (Lipinski definition) is 2. The number of primary sulfonamides is 1. The molecule has 0 spiro atoms. The van der Waals surface area contributed by atoms with Crippen LogP contribution in [-0.4, -0.2) is 21.8 Å². The van der Waals surface area contributed by atoms with E-state index in [2.05, 4.69) is 9.71 Å². The van der Waals surface area contributed by atoms with Crippen LogP contribution in [0.2, 0.25) is 0 Å². The quantitative estimate of drug-likeness (QED) is 0.583. The van der Waals surface area contributed by atoms with Crippen molar-refractivity contribution in [3.63, 3.8) is 0 Å². The number of aromatic nitrogens is 1. The third-order valence-electron chi connectivity index (χ3n) is 3.73. The van der Waals surface area contributed by atoms with E-state index in [1.165, 1.54) is 48.7 Å². The van der Waals surface area contributed by atoms with Gasteiger partial charge in [-0.15, -0.1) is 0 Å². The molecule has 1 aromatic heterocycles. The molecule has 0 aliphatic rings. The number of ether oxygens (including phenoxy) is 1. The van der Waals surface area contributed by atoms with Crippen LogP contribution in [0.25, 0.3) is 0 Å². The number of nitrogens with one attached hydrogen (secondary N) is 1. The fraction of sp³-hybridized carbons (Fsp3) is 0.0556. The normalized spacial score (nSPS) is 11.9. The van der Waals surface area contributed by atoms with Gasteiger partial charge < -0.3 is 4.74 Å². The average Bonchev–Trinajstić information content (AvgIpc) is 2.67. The molecule has 2 aromatic carbocycles. The second-order valence-corrected chi connectivity index (χ2v) is 9.24. The summed E-state index contributed by atoms with van der Waals surface area (Å²) >= 11 is 0. The van der Waals surface area contributed by atoms with Crippen molar-refractivity contribution in [3.8, 4) is 11.6 Å². The summed E-state index contributed by atoms with van der Waals surface area (Å²) in [4.78, 5) is 3.51. The van der Waals surface area contributed by atoms with Crippen LogP contribution in [0.4, 0.5) is 4.39 Å². The number of rotatable bonds is 7. The maximum absolute atomic E-state index is 13.2. The maximum atomic E-state index is 13.2. The Hall–Kier alpha value is -2.86. The van der Waals surface area contributed by atoms with Crippen molar-refractivity contribution in [2.75, 3.05) is 0 Å². The zero-order chi connectivity index (χ0) is 21.1. The fourth-order valence-corrected chi connectivity index (χ4v) is 4.00. The molecule has 0 radical (unpaired) electrons. The van der Waals surface area contributed by atoms with E-state index in [9.17, 15) is 21.2 Å². The van der Waals surface area contributed by atoms with Gasteiger partial charge in [0, 0.05) is 24.9 Å². The van der Waals surface area contributed by atoms with Gasteiger partial charge in [-0.05, 0) is 35.9 Å². The number of sulfonamides is 2. The molecule has 1 heterocycles. The summed E-state index contributed by atoms with van der Waals surface area (Å²) in [6.45, 7) is -0.0881. The number of nitrogens with two attached hydrogens (primary N) is 1. The van der Waals surface area contributed by atoms with Crippen molar-refractivity contribution in [2.24, 2.45) is 5.14 Å². The van der Waals surface area contributed by atoms with Crippen molar-refractivity contribution in [3.05, 3.63) is 78.2 Å². The minimum absolute atomic E-state index is 0.0881. The molecule has 11 heteroatoms. The molecule has 0 saturated heterocycles. The van der Waals surface area contributed by atoms with Gasteiger partial charge in [-0.2, -0.15) is 0 Å². The summed E-state index contributed by atoms with van der Waals surface area (Å²) in [7, 11) is -8.00. The summed E-state index contributed by atoms with van der Waals surface area (Å²) < 4.78 is 68.5. The number of halogens is 1. The predicted molar refractivity (Wildman–Crippen MR) is 103 cm³/mol. The number of pyridine rings is 1. The van der Waals surface area contributed by atoms with Crippen LogP contribution in [0.3, 0.4) is 0 Å². The largest absolute Gasteiger partial charge is 0.439 e. The van der Waals surface area contributed by atoms with E-state index in [0.29, 0.717) is 5.56 Å². The number of benzene rings is 2. The van der Waals surface area contributed by atoms with Crippen molar-refractivity contribution in [1.29, 1.82) is 0 Å². The van der Waals surface area contributed by atoms with Gasteiger partial charge in [0.05, 0.1) is 9.79 Å². The standard InChI is InChI=1S/C18H16FN3O5S2/c19-14-3-1-4-15(9-14)27-18-8-7-13(11-21-18)12-22-29(25,26)17-6-2-5-16(10-17)28(20,23)24/h1-11,22H,12H2,(H2,20,23,24). The molecule has 0 aliphatic carbocycles. The third-order valence-corrected chi connectivity index (χ3v) is 6.04. The first-order valence-corrected chi connectivity index (χ1v) is 11.2. The van der Waals surface area contributed by atoms with Crippen molar-refractivity contribution < 1.29 is 26.0 Å².